The Kier molecular flexibility index (Phi) is 3.10. The quantitative estimate of drug-likeness (QED) is 0.705. The van der Waals surface area contributed by atoms with Crippen LogP contribution in [0.3, 0.4) is 0 Å². The van der Waals surface area contributed by atoms with Gasteiger partial charge in [-0.1, -0.05) is 12.1 Å². The van der Waals surface area contributed by atoms with Crippen molar-refractivity contribution in [2.75, 3.05) is 18.4 Å². The summed E-state index contributed by atoms with van der Waals surface area (Å²) in [5.41, 5.74) is 3.07. The van der Waals surface area contributed by atoms with Gasteiger partial charge in [-0.25, -0.2) is 0 Å². The normalized spacial score (nSPS) is 16.6. The maximum absolute atomic E-state index is 9.47. The summed E-state index contributed by atoms with van der Waals surface area (Å²) in [4.78, 5) is 4.27. The highest BCUT2D eigenvalue weighted by Crippen LogP contribution is 2.20. The van der Waals surface area contributed by atoms with Gasteiger partial charge in [0.25, 0.3) is 0 Å². The third-order valence-corrected chi connectivity index (χ3v) is 2.66. The molecule has 0 aromatic heterocycles. The number of nitrogens with zero attached hydrogens (tertiary/aromatic N) is 1. The molecule has 4 heteroatoms. The lowest BCUT2D eigenvalue weighted by Gasteiger charge is -2.12. The number of aliphatic hydroxyl groups excluding tert-OH is 1. The second-order valence-corrected chi connectivity index (χ2v) is 4.03. The number of hydrogen-bond donors (Lipinski definition) is 3. The molecule has 1 aromatic carbocycles. The van der Waals surface area contributed by atoms with E-state index in [2.05, 4.69) is 15.6 Å². The first-order valence-corrected chi connectivity index (χ1v) is 5.51. The lowest BCUT2D eigenvalue weighted by Crippen LogP contribution is -2.26. The summed E-state index contributed by atoms with van der Waals surface area (Å²) in [5.74, 6) is 0.827. The van der Waals surface area contributed by atoms with Gasteiger partial charge in [-0.15, -0.1) is 0 Å². The second-order valence-electron chi connectivity index (χ2n) is 4.03. The van der Waals surface area contributed by atoms with Gasteiger partial charge in [-0.05, 0) is 31.0 Å². The molecule has 16 heavy (non-hydrogen) atoms. The van der Waals surface area contributed by atoms with Crippen molar-refractivity contribution in [2.24, 2.45) is 4.99 Å². The van der Waals surface area contributed by atoms with Crippen molar-refractivity contribution in [2.45, 2.75) is 20.0 Å². The number of rotatable bonds is 2. The zero-order valence-corrected chi connectivity index (χ0v) is 9.62. The first-order valence-electron chi connectivity index (χ1n) is 5.51. The van der Waals surface area contributed by atoms with Crippen LogP contribution in [0.15, 0.2) is 23.2 Å². The van der Waals surface area contributed by atoms with Gasteiger partial charge >= 0.3 is 0 Å². The maximum Gasteiger partial charge on any atom is 0.195 e. The van der Waals surface area contributed by atoms with Crippen LogP contribution in [0.4, 0.5) is 5.69 Å². The van der Waals surface area contributed by atoms with E-state index in [9.17, 15) is 5.11 Å². The Bertz CT molecular complexity index is 413. The van der Waals surface area contributed by atoms with Crippen LogP contribution in [0.1, 0.15) is 24.2 Å². The van der Waals surface area contributed by atoms with E-state index in [0.29, 0.717) is 0 Å². The summed E-state index contributed by atoms with van der Waals surface area (Å²) < 4.78 is 0. The predicted octanol–water partition coefficient (Wildman–Crippen LogP) is 1.42. The highest BCUT2D eigenvalue weighted by molar-refractivity contribution is 5.95. The van der Waals surface area contributed by atoms with Crippen molar-refractivity contribution < 1.29 is 5.11 Å². The standard InChI is InChI=1S/C12H17N3O/c1-8-7-10(9(2)16)3-4-11(8)15-12-13-5-6-14-12/h3-4,7,9,16H,5-6H2,1-2H3,(H2,13,14,15). The van der Waals surface area contributed by atoms with Gasteiger partial charge in [0.2, 0.25) is 0 Å². The van der Waals surface area contributed by atoms with Crippen LogP contribution in [0.5, 0.6) is 0 Å². The number of aliphatic hydroxyl groups is 1. The third kappa shape index (κ3) is 2.33. The van der Waals surface area contributed by atoms with Crippen molar-refractivity contribution in [1.29, 1.82) is 0 Å². The Balaban J connectivity index is 2.16. The largest absolute Gasteiger partial charge is 0.389 e. The van der Waals surface area contributed by atoms with Gasteiger partial charge in [-0.2, -0.15) is 0 Å². The molecule has 4 nitrogen and oxygen atoms in total. The monoisotopic (exact) mass is 219 g/mol. The average molecular weight is 219 g/mol. The van der Waals surface area contributed by atoms with Gasteiger partial charge in [-0.3, -0.25) is 4.99 Å². The minimum Gasteiger partial charge on any atom is -0.389 e. The summed E-state index contributed by atoms with van der Waals surface area (Å²) >= 11 is 0. The summed E-state index contributed by atoms with van der Waals surface area (Å²) in [6.07, 6.45) is -0.422. The number of aliphatic imine (C=N–C) groups is 1. The molecule has 2 rings (SSSR count). The molecule has 0 saturated heterocycles. The Morgan fingerprint density at radius 1 is 1.50 bits per heavy atom. The molecule has 0 bridgehead atoms. The lowest BCUT2D eigenvalue weighted by molar-refractivity contribution is 0.199. The molecule has 0 amide bonds. The van der Waals surface area contributed by atoms with Gasteiger partial charge in [0.05, 0.1) is 12.6 Å². The molecule has 1 heterocycles. The second kappa shape index (κ2) is 4.53. The Morgan fingerprint density at radius 2 is 2.31 bits per heavy atom. The molecule has 0 fully saturated rings. The molecule has 1 aliphatic rings. The van der Waals surface area contributed by atoms with E-state index < -0.39 is 6.10 Å². The summed E-state index contributed by atoms with van der Waals surface area (Å²) in [5, 5.41) is 15.9. The summed E-state index contributed by atoms with van der Waals surface area (Å²) in [7, 11) is 0. The molecule has 86 valence electrons. The first-order chi connectivity index (χ1) is 7.66. The van der Waals surface area contributed by atoms with Crippen molar-refractivity contribution in [3.8, 4) is 0 Å². The van der Waals surface area contributed by atoms with Gasteiger partial charge in [0, 0.05) is 12.2 Å². The van der Waals surface area contributed by atoms with E-state index in [-0.39, 0.29) is 0 Å². The van der Waals surface area contributed by atoms with E-state index in [0.717, 1.165) is 35.9 Å². The zero-order chi connectivity index (χ0) is 11.5. The van der Waals surface area contributed by atoms with E-state index in [1.807, 2.05) is 25.1 Å². The molecule has 0 aliphatic carbocycles. The fraction of sp³-hybridized carbons (Fsp3) is 0.417. The molecule has 1 aliphatic heterocycles. The average Bonchev–Trinajstić information content (AvgIpc) is 2.73. The van der Waals surface area contributed by atoms with Crippen LogP contribution in [0.25, 0.3) is 0 Å². The number of anilines is 1. The Hall–Kier alpha value is -1.55. The number of benzene rings is 1. The maximum atomic E-state index is 9.47. The Morgan fingerprint density at radius 3 is 2.88 bits per heavy atom. The molecule has 0 spiro atoms. The van der Waals surface area contributed by atoms with E-state index in [4.69, 9.17) is 0 Å². The van der Waals surface area contributed by atoms with Crippen LogP contribution < -0.4 is 10.6 Å². The smallest absolute Gasteiger partial charge is 0.195 e. The van der Waals surface area contributed by atoms with Crippen LogP contribution in [-0.2, 0) is 0 Å². The minimum absolute atomic E-state index is 0.422. The van der Waals surface area contributed by atoms with Crippen LogP contribution in [-0.4, -0.2) is 24.2 Å². The topological polar surface area (TPSA) is 56.6 Å². The van der Waals surface area contributed by atoms with Gasteiger partial charge in [0.15, 0.2) is 5.96 Å². The third-order valence-electron chi connectivity index (χ3n) is 2.66. The molecule has 1 unspecified atom stereocenters. The number of aryl methyl sites for hydroxylation is 1. The highest BCUT2D eigenvalue weighted by atomic mass is 16.3. The van der Waals surface area contributed by atoms with Crippen LogP contribution in [0.2, 0.25) is 0 Å². The molecular formula is C12H17N3O. The molecule has 3 N–H and O–H groups in total. The SMILES string of the molecule is Cc1cc(C(C)O)ccc1NC1=NCCN1. The summed E-state index contributed by atoms with van der Waals surface area (Å²) in [6.45, 7) is 5.51. The minimum atomic E-state index is -0.422. The summed E-state index contributed by atoms with van der Waals surface area (Å²) in [6, 6.07) is 5.89. The van der Waals surface area contributed by atoms with Crippen molar-refractivity contribution in [1.82, 2.24) is 5.32 Å². The zero-order valence-electron chi connectivity index (χ0n) is 9.62. The number of nitrogens with one attached hydrogen (secondary N) is 2. The lowest BCUT2D eigenvalue weighted by atomic mass is 10.1. The highest BCUT2D eigenvalue weighted by Gasteiger charge is 2.08. The molecular weight excluding hydrogens is 202 g/mol. The molecule has 1 aromatic rings. The predicted molar refractivity (Wildman–Crippen MR) is 65.7 cm³/mol. The first kappa shape index (κ1) is 11.0. The van der Waals surface area contributed by atoms with Crippen LogP contribution in [0, 0.1) is 6.92 Å². The van der Waals surface area contributed by atoms with Gasteiger partial charge < -0.3 is 15.7 Å². The molecule has 0 saturated carbocycles. The van der Waals surface area contributed by atoms with E-state index in [1.54, 1.807) is 6.92 Å². The Labute approximate surface area is 95.4 Å². The van der Waals surface area contributed by atoms with Crippen molar-refractivity contribution in [3.63, 3.8) is 0 Å². The number of hydrogen-bond acceptors (Lipinski definition) is 4. The van der Waals surface area contributed by atoms with Crippen molar-refractivity contribution >= 4 is 11.6 Å². The van der Waals surface area contributed by atoms with Crippen molar-refractivity contribution in [3.05, 3.63) is 29.3 Å². The fourth-order valence-corrected chi connectivity index (χ4v) is 1.70. The van der Waals surface area contributed by atoms with Crippen LogP contribution >= 0.6 is 0 Å². The molecule has 0 radical (unpaired) electrons. The molecule has 1 atom stereocenters. The fourth-order valence-electron chi connectivity index (χ4n) is 1.70. The van der Waals surface area contributed by atoms with E-state index >= 15 is 0 Å². The number of guanidine groups is 1. The van der Waals surface area contributed by atoms with E-state index in [1.165, 1.54) is 0 Å². The van der Waals surface area contributed by atoms with Gasteiger partial charge in [0.1, 0.15) is 0 Å².